The SMILES string of the molecule is O=C(O)[C@H](CC1=CCC=CC=C1)N(Cc1sccc1-c1ccc(Cl)c(Cl)c1)C(=O)c1ccc(Cl)cc1Cl. The minimum atomic E-state index is -1.14. The first-order valence-corrected chi connectivity index (χ1v) is 13.7. The smallest absolute Gasteiger partial charge is 0.326 e. The van der Waals surface area contributed by atoms with Crippen LogP contribution in [0.5, 0.6) is 0 Å². The molecule has 3 aromatic rings. The third-order valence-electron chi connectivity index (χ3n) is 5.88. The summed E-state index contributed by atoms with van der Waals surface area (Å²) in [6.07, 6.45) is 10.4. The summed E-state index contributed by atoms with van der Waals surface area (Å²) in [5.41, 5.74) is 2.66. The Balaban J connectivity index is 1.76. The lowest BCUT2D eigenvalue weighted by Gasteiger charge is -2.30. The number of thiophene rings is 1. The predicted molar refractivity (Wildman–Crippen MR) is 153 cm³/mol. The summed E-state index contributed by atoms with van der Waals surface area (Å²) in [6, 6.07) is 10.6. The molecule has 0 bridgehead atoms. The fourth-order valence-corrected chi connectivity index (χ4v) is 5.69. The Morgan fingerprint density at radius 1 is 0.973 bits per heavy atom. The van der Waals surface area contributed by atoms with Crippen LogP contribution in [-0.4, -0.2) is 27.9 Å². The van der Waals surface area contributed by atoms with Gasteiger partial charge in [-0.25, -0.2) is 4.79 Å². The van der Waals surface area contributed by atoms with Crippen LogP contribution < -0.4 is 0 Å². The van der Waals surface area contributed by atoms with Crippen molar-refractivity contribution in [3.05, 3.63) is 114 Å². The summed E-state index contributed by atoms with van der Waals surface area (Å²) in [5.74, 6) is -1.61. The Kier molecular flexibility index (Phi) is 9.17. The maximum Gasteiger partial charge on any atom is 0.326 e. The topological polar surface area (TPSA) is 57.6 Å². The third kappa shape index (κ3) is 6.67. The molecular weight excluding hydrogens is 572 g/mol. The zero-order chi connectivity index (χ0) is 26.5. The van der Waals surface area contributed by atoms with Crippen LogP contribution >= 0.6 is 57.7 Å². The van der Waals surface area contributed by atoms with Gasteiger partial charge in [-0.3, -0.25) is 4.79 Å². The maximum atomic E-state index is 13.9. The van der Waals surface area contributed by atoms with Crippen LogP contribution in [0.4, 0.5) is 0 Å². The Bertz CT molecular complexity index is 1430. The second-order valence-corrected chi connectivity index (χ2v) is 11.0. The summed E-state index contributed by atoms with van der Waals surface area (Å²) in [6.45, 7) is 0.0528. The van der Waals surface area contributed by atoms with E-state index in [4.69, 9.17) is 46.4 Å². The van der Waals surface area contributed by atoms with Crippen molar-refractivity contribution in [2.24, 2.45) is 0 Å². The van der Waals surface area contributed by atoms with Gasteiger partial charge in [0.15, 0.2) is 0 Å². The number of carboxylic acids is 1. The average molecular weight is 593 g/mol. The number of carboxylic acid groups (broad SMARTS) is 1. The molecule has 190 valence electrons. The van der Waals surface area contributed by atoms with Gasteiger partial charge in [0.25, 0.3) is 5.91 Å². The zero-order valence-electron chi connectivity index (χ0n) is 19.3. The lowest BCUT2D eigenvalue weighted by molar-refractivity contribution is -0.142. The minimum absolute atomic E-state index is 0.0528. The molecule has 4 rings (SSSR count). The van der Waals surface area contributed by atoms with Gasteiger partial charge in [0.1, 0.15) is 6.04 Å². The first-order valence-electron chi connectivity index (χ1n) is 11.3. The molecule has 37 heavy (non-hydrogen) atoms. The molecule has 0 radical (unpaired) electrons. The lowest BCUT2D eigenvalue weighted by atomic mass is 10.0. The van der Waals surface area contributed by atoms with Crippen molar-refractivity contribution in [3.8, 4) is 11.1 Å². The monoisotopic (exact) mass is 591 g/mol. The number of hydrogen-bond acceptors (Lipinski definition) is 3. The molecular formula is C28H21Cl4NO3S. The van der Waals surface area contributed by atoms with E-state index < -0.39 is 17.9 Å². The van der Waals surface area contributed by atoms with Gasteiger partial charge in [-0.05, 0) is 64.9 Å². The molecule has 1 aliphatic carbocycles. The molecule has 1 aromatic heterocycles. The van der Waals surface area contributed by atoms with E-state index in [1.54, 1.807) is 18.2 Å². The summed E-state index contributed by atoms with van der Waals surface area (Å²) < 4.78 is 0. The highest BCUT2D eigenvalue weighted by molar-refractivity contribution is 7.10. The Labute approximate surface area is 239 Å². The zero-order valence-corrected chi connectivity index (χ0v) is 23.2. The van der Waals surface area contributed by atoms with Crippen LogP contribution in [0.2, 0.25) is 20.1 Å². The van der Waals surface area contributed by atoms with Gasteiger partial charge < -0.3 is 10.0 Å². The molecule has 9 heteroatoms. The Morgan fingerprint density at radius 3 is 2.51 bits per heavy atom. The van der Waals surface area contributed by atoms with Crippen LogP contribution in [0.1, 0.15) is 28.1 Å². The number of nitrogens with zero attached hydrogens (tertiary/aromatic N) is 1. The standard InChI is InChI=1S/C28H21Cl4NO3S/c29-19-8-9-21(23(31)15-19)27(34)33(25(28(35)36)13-17-5-3-1-2-4-6-17)16-26-20(11-12-37-26)18-7-10-22(30)24(32)14-18/h1-3,5-12,14-15,25H,4,13,16H2,(H,35,36)/t25-/m0/s1. The normalized spacial score (nSPS) is 13.7. The summed E-state index contributed by atoms with van der Waals surface area (Å²) >= 11 is 26.2. The van der Waals surface area contributed by atoms with Crippen molar-refractivity contribution in [1.29, 1.82) is 0 Å². The molecule has 0 unspecified atom stereocenters. The average Bonchev–Trinajstić information content (AvgIpc) is 3.16. The molecule has 1 N–H and O–H groups in total. The van der Waals surface area contributed by atoms with Crippen molar-refractivity contribution in [1.82, 2.24) is 4.90 Å². The first kappa shape index (κ1) is 27.5. The second kappa shape index (κ2) is 12.3. The maximum absolute atomic E-state index is 13.9. The highest BCUT2D eigenvalue weighted by Gasteiger charge is 2.33. The molecule has 2 aromatic carbocycles. The summed E-state index contributed by atoms with van der Waals surface area (Å²) in [7, 11) is 0. The van der Waals surface area contributed by atoms with E-state index in [0.29, 0.717) is 21.5 Å². The van der Waals surface area contributed by atoms with E-state index in [1.165, 1.54) is 28.4 Å². The number of hydrogen-bond donors (Lipinski definition) is 1. The van der Waals surface area contributed by atoms with E-state index in [-0.39, 0.29) is 23.6 Å². The molecule has 0 spiro atoms. The number of halogens is 4. The summed E-state index contributed by atoms with van der Waals surface area (Å²) in [4.78, 5) is 28.6. The fraction of sp³-hybridized carbons (Fsp3) is 0.143. The van der Waals surface area contributed by atoms with Crippen molar-refractivity contribution in [2.45, 2.75) is 25.4 Å². The van der Waals surface area contributed by atoms with Crippen molar-refractivity contribution < 1.29 is 14.7 Å². The number of aliphatic carboxylic acids is 1. The minimum Gasteiger partial charge on any atom is -0.480 e. The van der Waals surface area contributed by atoms with Crippen LogP contribution in [0.3, 0.4) is 0 Å². The highest BCUT2D eigenvalue weighted by Crippen LogP contribution is 2.35. The molecule has 1 heterocycles. The molecule has 4 nitrogen and oxygen atoms in total. The second-order valence-electron chi connectivity index (χ2n) is 8.30. The quantitative estimate of drug-likeness (QED) is 0.284. The van der Waals surface area contributed by atoms with E-state index in [9.17, 15) is 14.7 Å². The van der Waals surface area contributed by atoms with E-state index in [0.717, 1.165) is 21.6 Å². The molecule has 1 atom stereocenters. The predicted octanol–water partition coefficient (Wildman–Crippen LogP) is 8.96. The van der Waals surface area contributed by atoms with Gasteiger partial charge in [-0.1, -0.05) is 82.9 Å². The number of carbonyl (C=O) groups is 2. The van der Waals surface area contributed by atoms with Gasteiger partial charge in [0.2, 0.25) is 0 Å². The van der Waals surface area contributed by atoms with Crippen LogP contribution in [0.15, 0.2) is 83.8 Å². The van der Waals surface area contributed by atoms with Crippen LogP contribution in [-0.2, 0) is 11.3 Å². The van der Waals surface area contributed by atoms with Crippen LogP contribution in [0.25, 0.3) is 11.1 Å². The summed E-state index contributed by atoms with van der Waals surface area (Å²) in [5, 5.41) is 13.6. The third-order valence-corrected chi connectivity index (χ3v) is 8.07. The number of benzene rings is 2. The number of rotatable bonds is 8. The number of allylic oxidation sites excluding steroid dienone is 5. The Hall–Kier alpha value is -2.54. The van der Waals surface area contributed by atoms with Gasteiger partial charge in [0.05, 0.1) is 27.2 Å². The van der Waals surface area contributed by atoms with E-state index >= 15 is 0 Å². The van der Waals surface area contributed by atoms with E-state index in [1.807, 2.05) is 47.9 Å². The van der Waals surface area contributed by atoms with Crippen molar-refractivity contribution in [3.63, 3.8) is 0 Å². The molecule has 0 fully saturated rings. The molecule has 1 aliphatic rings. The van der Waals surface area contributed by atoms with Crippen LogP contribution in [0, 0.1) is 0 Å². The fourth-order valence-electron chi connectivity index (χ4n) is 4.01. The number of carbonyl (C=O) groups excluding carboxylic acids is 1. The molecule has 1 amide bonds. The highest BCUT2D eigenvalue weighted by atomic mass is 35.5. The van der Waals surface area contributed by atoms with Gasteiger partial charge in [-0.2, -0.15) is 0 Å². The molecule has 0 saturated carbocycles. The van der Waals surface area contributed by atoms with Gasteiger partial charge in [0, 0.05) is 16.3 Å². The first-order chi connectivity index (χ1) is 17.7. The van der Waals surface area contributed by atoms with E-state index in [2.05, 4.69) is 0 Å². The van der Waals surface area contributed by atoms with Crippen molar-refractivity contribution in [2.75, 3.05) is 0 Å². The lowest BCUT2D eigenvalue weighted by Crippen LogP contribution is -2.45. The van der Waals surface area contributed by atoms with Gasteiger partial charge in [-0.15, -0.1) is 11.3 Å². The van der Waals surface area contributed by atoms with Crippen molar-refractivity contribution >= 4 is 69.6 Å². The van der Waals surface area contributed by atoms with Gasteiger partial charge >= 0.3 is 5.97 Å². The molecule has 0 aliphatic heterocycles. The number of amides is 1. The largest absolute Gasteiger partial charge is 0.480 e. The molecule has 0 saturated heterocycles. The Morgan fingerprint density at radius 2 is 1.78 bits per heavy atom.